The van der Waals surface area contributed by atoms with Gasteiger partial charge in [-0.2, -0.15) is 0 Å². The van der Waals surface area contributed by atoms with Gasteiger partial charge < -0.3 is 10.6 Å². The van der Waals surface area contributed by atoms with Crippen LogP contribution in [0.1, 0.15) is 31.4 Å². The summed E-state index contributed by atoms with van der Waals surface area (Å²) < 4.78 is 0. The predicted molar refractivity (Wildman–Crippen MR) is 75.1 cm³/mol. The van der Waals surface area contributed by atoms with E-state index in [-0.39, 0.29) is 11.9 Å². The first-order valence-electron chi connectivity index (χ1n) is 6.19. The van der Waals surface area contributed by atoms with Crippen LogP contribution >= 0.6 is 0 Å². The average molecular weight is 246 g/mol. The van der Waals surface area contributed by atoms with Crippen molar-refractivity contribution >= 4 is 5.91 Å². The average Bonchev–Trinajstić information content (AvgIpc) is 2.35. The van der Waals surface area contributed by atoms with E-state index in [9.17, 15) is 4.79 Å². The van der Waals surface area contributed by atoms with E-state index in [4.69, 9.17) is 5.73 Å². The van der Waals surface area contributed by atoms with Crippen LogP contribution in [0.5, 0.6) is 0 Å². The van der Waals surface area contributed by atoms with E-state index in [1.165, 1.54) is 0 Å². The first-order chi connectivity index (χ1) is 8.50. The normalized spacial score (nSPS) is 11.9. The zero-order valence-electron chi connectivity index (χ0n) is 11.2. The number of rotatable bonds is 6. The van der Waals surface area contributed by atoms with Crippen LogP contribution in [-0.2, 0) is 4.79 Å². The number of benzene rings is 1. The highest BCUT2D eigenvalue weighted by molar-refractivity contribution is 5.76. The molecule has 3 heteroatoms. The van der Waals surface area contributed by atoms with Crippen molar-refractivity contribution in [1.29, 1.82) is 0 Å². The zero-order chi connectivity index (χ0) is 13.5. The highest BCUT2D eigenvalue weighted by Gasteiger charge is 2.12. The molecule has 1 amide bonds. The smallest absolute Gasteiger partial charge is 0.222 e. The molecule has 0 saturated carbocycles. The van der Waals surface area contributed by atoms with Crippen molar-refractivity contribution in [3.63, 3.8) is 0 Å². The minimum absolute atomic E-state index is 0.0756. The molecule has 0 fully saturated rings. The van der Waals surface area contributed by atoms with Gasteiger partial charge in [-0.1, -0.05) is 42.5 Å². The number of hydrogen-bond acceptors (Lipinski definition) is 2. The maximum Gasteiger partial charge on any atom is 0.222 e. The number of carbonyl (C=O) groups is 1. The van der Waals surface area contributed by atoms with E-state index in [1.54, 1.807) is 11.9 Å². The molecule has 3 nitrogen and oxygen atoms in total. The minimum Gasteiger partial charge on any atom is -0.342 e. The second-order valence-corrected chi connectivity index (χ2v) is 4.76. The van der Waals surface area contributed by atoms with E-state index < -0.39 is 0 Å². The van der Waals surface area contributed by atoms with Gasteiger partial charge >= 0.3 is 0 Å². The summed E-state index contributed by atoms with van der Waals surface area (Å²) in [5.41, 5.74) is 8.12. The van der Waals surface area contributed by atoms with Gasteiger partial charge in [0.1, 0.15) is 0 Å². The third-order valence-corrected chi connectivity index (χ3v) is 2.83. The van der Waals surface area contributed by atoms with Gasteiger partial charge in [-0.25, -0.2) is 0 Å². The molecule has 0 aromatic heterocycles. The maximum absolute atomic E-state index is 11.8. The van der Waals surface area contributed by atoms with E-state index in [2.05, 4.69) is 6.58 Å². The van der Waals surface area contributed by atoms with Crippen molar-refractivity contribution in [3.8, 4) is 0 Å². The Hall–Kier alpha value is -1.61. The molecule has 0 aliphatic heterocycles. The molecule has 1 aromatic carbocycles. The van der Waals surface area contributed by atoms with Gasteiger partial charge in [-0.15, -0.1) is 0 Å². The Morgan fingerprint density at radius 3 is 2.56 bits per heavy atom. The zero-order valence-corrected chi connectivity index (χ0v) is 11.2. The van der Waals surface area contributed by atoms with Crippen LogP contribution in [0.4, 0.5) is 0 Å². The van der Waals surface area contributed by atoms with E-state index in [0.29, 0.717) is 19.4 Å². The molecule has 1 atom stereocenters. The maximum atomic E-state index is 11.8. The third-order valence-electron chi connectivity index (χ3n) is 2.83. The fourth-order valence-corrected chi connectivity index (χ4v) is 1.83. The lowest BCUT2D eigenvalue weighted by Gasteiger charge is -2.18. The summed E-state index contributed by atoms with van der Waals surface area (Å²) in [5.74, 6) is 0.115. The first-order valence-corrected chi connectivity index (χ1v) is 6.19. The van der Waals surface area contributed by atoms with Crippen LogP contribution in [0, 0.1) is 0 Å². The second kappa shape index (κ2) is 6.97. The van der Waals surface area contributed by atoms with E-state index >= 15 is 0 Å². The second-order valence-electron chi connectivity index (χ2n) is 4.76. The summed E-state index contributed by atoms with van der Waals surface area (Å²) in [7, 11) is 1.80. The van der Waals surface area contributed by atoms with E-state index in [1.807, 2.05) is 37.3 Å². The third kappa shape index (κ3) is 4.72. The summed E-state index contributed by atoms with van der Waals surface area (Å²) in [6.07, 6.45) is 1.14. The Morgan fingerprint density at radius 2 is 2.00 bits per heavy atom. The molecular formula is C15H22N2O. The molecule has 1 rings (SSSR count). The lowest BCUT2D eigenvalue weighted by atomic mass is 10.0. The molecular weight excluding hydrogens is 224 g/mol. The Kier molecular flexibility index (Phi) is 5.59. The number of carbonyl (C=O) groups excluding carboxylic acids is 1. The summed E-state index contributed by atoms with van der Waals surface area (Å²) in [6, 6.07) is 9.80. The van der Waals surface area contributed by atoms with Crippen molar-refractivity contribution in [2.75, 3.05) is 13.6 Å². The Labute approximate surface area is 109 Å². The lowest BCUT2D eigenvalue weighted by Crippen LogP contribution is -2.28. The van der Waals surface area contributed by atoms with Crippen LogP contribution < -0.4 is 5.73 Å². The number of likely N-dealkylation sites (N-methyl/N-ethyl adjacent to an activating group) is 1. The fourth-order valence-electron chi connectivity index (χ4n) is 1.83. The van der Waals surface area contributed by atoms with Crippen molar-refractivity contribution in [1.82, 2.24) is 4.90 Å². The molecule has 2 N–H and O–H groups in total. The van der Waals surface area contributed by atoms with Gasteiger partial charge in [0.2, 0.25) is 5.91 Å². The molecule has 0 aliphatic rings. The summed E-state index contributed by atoms with van der Waals surface area (Å²) in [6.45, 7) is 6.33. The molecule has 0 heterocycles. The highest BCUT2D eigenvalue weighted by Crippen LogP contribution is 2.15. The van der Waals surface area contributed by atoms with Crippen LogP contribution in [-0.4, -0.2) is 24.4 Å². The van der Waals surface area contributed by atoms with Crippen molar-refractivity contribution < 1.29 is 4.79 Å². The molecule has 1 unspecified atom stereocenters. The molecule has 0 saturated heterocycles. The summed E-state index contributed by atoms with van der Waals surface area (Å²) >= 11 is 0. The monoisotopic (exact) mass is 246 g/mol. The van der Waals surface area contributed by atoms with Crippen LogP contribution in [0.2, 0.25) is 0 Å². The largest absolute Gasteiger partial charge is 0.342 e. The van der Waals surface area contributed by atoms with Gasteiger partial charge in [-0.3, -0.25) is 4.79 Å². The molecule has 0 aliphatic carbocycles. The quantitative estimate of drug-likeness (QED) is 0.784. The number of amides is 1. The summed E-state index contributed by atoms with van der Waals surface area (Å²) in [5, 5.41) is 0. The molecule has 0 spiro atoms. The van der Waals surface area contributed by atoms with Crippen molar-refractivity contribution in [2.45, 2.75) is 25.8 Å². The predicted octanol–water partition coefficient (Wildman–Crippen LogP) is 2.50. The van der Waals surface area contributed by atoms with Gasteiger partial charge in [-0.05, 0) is 18.9 Å². The molecule has 18 heavy (non-hydrogen) atoms. The number of hydrogen-bond donors (Lipinski definition) is 1. The van der Waals surface area contributed by atoms with Gasteiger partial charge in [0.15, 0.2) is 0 Å². The molecule has 0 radical (unpaired) electrons. The molecule has 1 aromatic rings. The first kappa shape index (κ1) is 14.5. The van der Waals surface area contributed by atoms with Crippen LogP contribution in [0.15, 0.2) is 42.5 Å². The number of nitrogens with two attached hydrogens (primary N) is 1. The SMILES string of the molecule is C=C(C)CN(C)C(=O)CCC(N)c1ccccc1. The van der Waals surface area contributed by atoms with E-state index in [0.717, 1.165) is 11.1 Å². The molecule has 98 valence electrons. The fraction of sp³-hybridized carbons (Fsp3) is 0.400. The van der Waals surface area contributed by atoms with Gasteiger partial charge in [0.25, 0.3) is 0 Å². The van der Waals surface area contributed by atoms with Gasteiger partial charge in [0.05, 0.1) is 0 Å². The number of nitrogens with zero attached hydrogens (tertiary/aromatic N) is 1. The van der Waals surface area contributed by atoms with Crippen molar-refractivity contribution in [3.05, 3.63) is 48.0 Å². The highest BCUT2D eigenvalue weighted by atomic mass is 16.2. The lowest BCUT2D eigenvalue weighted by molar-refractivity contribution is -0.129. The Bertz CT molecular complexity index is 400. The van der Waals surface area contributed by atoms with Crippen molar-refractivity contribution in [2.24, 2.45) is 5.73 Å². The minimum atomic E-state index is -0.0756. The van der Waals surface area contributed by atoms with Crippen LogP contribution in [0.3, 0.4) is 0 Å². The molecule has 0 bridgehead atoms. The van der Waals surface area contributed by atoms with Gasteiger partial charge in [0, 0.05) is 26.1 Å². The standard InChI is InChI=1S/C15H22N2O/c1-12(2)11-17(3)15(18)10-9-14(16)13-7-5-4-6-8-13/h4-8,14H,1,9-11,16H2,2-3H3. The topological polar surface area (TPSA) is 46.3 Å². The summed E-state index contributed by atoms with van der Waals surface area (Å²) in [4.78, 5) is 13.5. The Balaban J connectivity index is 2.41. The van der Waals surface area contributed by atoms with Crippen LogP contribution in [0.25, 0.3) is 0 Å². The Morgan fingerprint density at radius 1 is 1.39 bits per heavy atom.